The third-order valence-electron chi connectivity index (χ3n) is 3.62. The van der Waals surface area contributed by atoms with Crippen LogP contribution in [0.5, 0.6) is 0 Å². The smallest absolute Gasteiger partial charge is 0.338 e. The van der Waals surface area contributed by atoms with Gasteiger partial charge in [0.05, 0.1) is 5.56 Å². The van der Waals surface area contributed by atoms with Gasteiger partial charge in [-0.05, 0) is 24.1 Å². The molecule has 0 saturated carbocycles. The molecule has 2 N–H and O–H groups in total. The Morgan fingerprint density at radius 2 is 2.24 bits per heavy atom. The molecule has 0 amide bonds. The van der Waals surface area contributed by atoms with E-state index >= 15 is 0 Å². The van der Waals surface area contributed by atoms with Crippen LogP contribution in [-0.2, 0) is 11.3 Å². The number of hydrogen-bond acceptors (Lipinski definition) is 4. The highest BCUT2D eigenvalue weighted by Crippen LogP contribution is 2.29. The van der Waals surface area contributed by atoms with Crippen LogP contribution in [0.25, 0.3) is 0 Å². The van der Waals surface area contributed by atoms with Gasteiger partial charge < -0.3 is 15.4 Å². The number of ether oxygens (including phenoxy) is 1. The molecule has 2 aliphatic heterocycles. The lowest BCUT2D eigenvalue weighted by Gasteiger charge is -2.26. The minimum Gasteiger partial charge on any atom is -0.457 e. The molecule has 0 spiro atoms. The average Bonchev–Trinajstić information content (AvgIpc) is 2.74. The molecule has 1 fully saturated rings. The van der Waals surface area contributed by atoms with Gasteiger partial charge >= 0.3 is 5.97 Å². The van der Waals surface area contributed by atoms with Gasteiger partial charge in [0.2, 0.25) is 0 Å². The summed E-state index contributed by atoms with van der Waals surface area (Å²) in [5, 5.41) is 6.87. The van der Waals surface area contributed by atoms with E-state index in [2.05, 4.69) is 17.6 Å². The SMILES string of the molecule is Cc1c(C2CNCCN2)ccc2c1COC2=O. The Kier molecular flexibility index (Phi) is 2.61. The van der Waals surface area contributed by atoms with Crippen molar-refractivity contribution >= 4 is 5.97 Å². The van der Waals surface area contributed by atoms with E-state index in [1.54, 1.807) is 0 Å². The fourth-order valence-corrected chi connectivity index (χ4v) is 2.62. The highest BCUT2D eigenvalue weighted by atomic mass is 16.5. The second-order valence-corrected chi connectivity index (χ2v) is 4.59. The van der Waals surface area contributed by atoms with Crippen LogP contribution in [0.4, 0.5) is 0 Å². The predicted octanol–water partition coefficient (Wildman–Crippen LogP) is 0.899. The fourth-order valence-electron chi connectivity index (χ4n) is 2.62. The van der Waals surface area contributed by atoms with Gasteiger partial charge in [-0.25, -0.2) is 4.79 Å². The molecule has 90 valence electrons. The summed E-state index contributed by atoms with van der Waals surface area (Å²) in [7, 11) is 0. The lowest BCUT2D eigenvalue weighted by atomic mass is 9.93. The summed E-state index contributed by atoms with van der Waals surface area (Å²) in [6.07, 6.45) is 0. The summed E-state index contributed by atoms with van der Waals surface area (Å²) in [4.78, 5) is 11.5. The summed E-state index contributed by atoms with van der Waals surface area (Å²) in [6.45, 7) is 5.44. The zero-order chi connectivity index (χ0) is 11.8. The monoisotopic (exact) mass is 232 g/mol. The average molecular weight is 232 g/mol. The molecule has 17 heavy (non-hydrogen) atoms. The minimum atomic E-state index is -0.190. The van der Waals surface area contributed by atoms with Crippen LogP contribution in [0.1, 0.15) is 33.1 Å². The zero-order valence-corrected chi connectivity index (χ0v) is 9.88. The highest BCUT2D eigenvalue weighted by Gasteiger charge is 2.26. The standard InChI is InChI=1S/C13H16N2O2/c1-8-9(12-6-14-4-5-15-12)2-3-10-11(8)7-17-13(10)16/h2-3,12,14-15H,4-7H2,1H3. The van der Waals surface area contributed by atoms with E-state index in [1.165, 1.54) is 11.1 Å². The number of piperazine rings is 1. The molecule has 1 unspecified atom stereocenters. The summed E-state index contributed by atoms with van der Waals surface area (Å²) in [5.41, 5.74) is 4.25. The summed E-state index contributed by atoms with van der Waals surface area (Å²) < 4.78 is 5.07. The van der Waals surface area contributed by atoms with Gasteiger partial charge in [-0.3, -0.25) is 0 Å². The molecule has 4 nitrogen and oxygen atoms in total. The Balaban J connectivity index is 1.99. The van der Waals surface area contributed by atoms with Crippen molar-refractivity contribution in [2.45, 2.75) is 19.6 Å². The number of fused-ring (bicyclic) bond motifs is 1. The normalized spacial score (nSPS) is 23.4. The number of nitrogens with one attached hydrogen (secondary N) is 2. The number of hydrogen-bond donors (Lipinski definition) is 2. The Bertz CT molecular complexity index is 465. The predicted molar refractivity (Wildman–Crippen MR) is 63.9 cm³/mol. The van der Waals surface area contributed by atoms with Crippen LogP contribution in [0.15, 0.2) is 12.1 Å². The molecule has 1 saturated heterocycles. The molecule has 2 aliphatic rings. The summed E-state index contributed by atoms with van der Waals surface area (Å²) in [5.74, 6) is -0.190. The molecule has 0 aliphatic carbocycles. The molecule has 1 atom stereocenters. The lowest BCUT2D eigenvalue weighted by Crippen LogP contribution is -2.42. The lowest BCUT2D eigenvalue weighted by molar-refractivity contribution is 0.0535. The van der Waals surface area contributed by atoms with Crippen molar-refractivity contribution in [3.05, 3.63) is 34.4 Å². The van der Waals surface area contributed by atoms with E-state index in [4.69, 9.17) is 4.74 Å². The van der Waals surface area contributed by atoms with Gasteiger partial charge in [0.15, 0.2) is 0 Å². The quantitative estimate of drug-likeness (QED) is 0.706. The molecule has 2 heterocycles. The van der Waals surface area contributed by atoms with E-state index in [1.807, 2.05) is 12.1 Å². The number of cyclic esters (lactones) is 1. The van der Waals surface area contributed by atoms with Gasteiger partial charge in [-0.15, -0.1) is 0 Å². The topological polar surface area (TPSA) is 50.4 Å². The van der Waals surface area contributed by atoms with E-state index in [-0.39, 0.29) is 5.97 Å². The van der Waals surface area contributed by atoms with Crippen molar-refractivity contribution in [2.24, 2.45) is 0 Å². The first-order valence-corrected chi connectivity index (χ1v) is 6.01. The van der Waals surface area contributed by atoms with Crippen LogP contribution in [0, 0.1) is 6.92 Å². The molecule has 0 radical (unpaired) electrons. The van der Waals surface area contributed by atoms with Crippen LogP contribution >= 0.6 is 0 Å². The largest absolute Gasteiger partial charge is 0.457 e. The van der Waals surface area contributed by atoms with Gasteiger partial charge in [0.1, 0.15) is 6.61 Å². The molecule has 1 aromatic carbocycles. The van der Waals surface area contributed by atoms with Crippen molar-refractivity contribution in [3.8, 4) is 0 Å². The molecule has 0 aromatic heterocycles. The number of esters is 1. The Morgan fingerprint density at radius 3 is 3.00 bits per heavy atom. The van der Waals surface area contributed by atoms with E-state index in [9.17, 15) is 4.79 Å². The van der Waals surface area contributed by atoms with Gasteiger partial charge in [0.25, 0.3) is 0 Å². The number of benzene rings is 1. The van der Waals surface area contributed by atoms with E-state index in [0.717, 1.165) is 30.8 Å². The number of carbonyl (C=O) groups excluding carboxylic acids is 1. The van der Waals surface area contributed by atoms with Crippen molar-refractivity contribution < 1.29 is 9.53 Å². The molecule has 4 heteroatoms. The van der Waals surface area contributed by atoms with Crippen molar-refractivity contribution in [1.82, 2.24) is 10.6 Å². The second-order valence-electron chi connectivity index (χ2n) is 4.59. The second kappa shape index (κ2) is 4.13. The summed E-state index contributed by atoms with van der Waals surface area (Å²) in [6, 6.07) is 4.28. The fraction of sp³-hybridized carbons (Fsp3) is 0.462. The van der Waals surface area contributed by atoms with Gasteiger partial charge in [-0.2, -0.15) is 0 Å². The minimum absolute atomic E-state index is 0.190. The van der Waals surface area contributed by atoms with E-state index in [0.29, 0.717) is 12.6 Å². The van der Waals surface area contributed by atoms with Crippen molar-refractivity contribution in [1.29, 1.82) is 0 Å². The van der Waals surface area contributed by atoms with Gasteiger partial charge in [0, 0.05) is 31.2 Å². The third kappa shape index (κ3) is 1.73. The molecular formula is C13H16N2O2. The summed E-state index contributed by atoms with van der Waals surface area (Å²) >= 11 is 0. The first-order valence-electron chi connectivity index (χ1n) is 6.01. The molecule has 3 rings (SSSR count). The maximum atomic E-state index is 11.5. The first-order chi connectivity index (χ1) is 8.27. The van der Waals surface area contributed by atoms with Crippen LogP contribution in [0.2, 0.25) is 0 Å². The maximum absolute atomic E-state index is 11.5. The third-order valence-corrected chi connectivity index (χ3v) is 3.62. The Labute approximate surface area is 100 Å². The Morgan fingerprint density at radius 1 is 1.35 bits per heavy atom. The highest BCUT2D eigenvalue weighted by molar-refractivity contribution is 5.93. The number of carbonyl (C=O) groups is 1. The molecule has 1 aromatic rings. The van der Waals surface area contributed by atoms with Crippen LogP contribution < -0.4 is 10.6 Å². The van der Waals surface area contributed by atoms with Crippen molar-refractivity contribution in [3.63, 3.8) is 0 Å². The zero-order valence-electron chi connectivity index (χ0n) is 9.88. The molecular weight excluding hydrogens is 216 g/mol. The van der Waals surface area contributed by atoms with E-state index < -0.39 is 0 Å². The van der Waals surface area contributed by atoms with Gasteiger partial charge in [-0.1, -0.05) is 6.07 Å². The Hall–Kier alpha value is -1.39. The van der Waals surface area contributed by atoms with Crippen molar-refractivity contribution in [2.75, 3.05) is 19.6 Å². The molecule has 0 bridgehead atoms. The maximum Gasteiger partial charge on any atom is 0.338 e. The van der Waals surface area contributed by atoms with Crippen LogP contribution in [-0.4, -0.2) is 25.6 Å². The van der Waals surface area contributed by atoms with Crippen LogP contribution in [0.3, 0.4) is 0 Å². The first kappa shape index (κ1) is 10.7. The number of rotatable bonds is 1.